The lowest BCUT2D eigenvalue weighted by Crippen LogP contribution is -2.37. The lowest BCUT2D eigenvalue weighted by Gasteiger charge is -2.28. The van der Waals surface area contributed by atoms with Gasteiger partial charge in [0.2, 0.25) is 0 Å². The summed E-state index contributed by atoms with van der Waals surface area (Å²) in [7, 11) is 2.14. The molecule has 0 aliphatic rings. The SMILES string of the molecule is Cc1cccc(OCCCN(C)CC(C)(C)CN)c1. The van der Waals surface area contributed by atoms with E-state index in [0.29, 0.717) is 0 Å². The van der Waals surface area contributed by atoms with E-state index in [-0.39, 0.29) is 5.41 Å². The lowest BCUT2D eigenvalue weighted by molar-refractivity contribution is 0.199. The molecular weight excluding hydrogens is 236 g/mol. The molecular formula is C16H28N2O. The second-order valence-corrected chi connectivity index (χ2v) is 6.12. The van der Waals surface area contributed by atoms with Crippen LogP contribution in [0.2, 0.25) is 0 Å². The Morgan fingerprint density at radius 3 is 2.68 bits per heavy atom. The van der Waals surface area contributed by atoms with E-state index >= 15 is 0 Å². The van der Waals surface area contributed by atoms with Crippen LogP contribution in [0, 0.1) is 12.3 Å². The summed E-state index contributed by atoms with van der Waals surface area (Å²) in [5.74, 6) is 0.963. The number of hydrogen-bond donors (Lipinski definition) is 1. The first-order valence-corrected chi connectivity index (χ1v) is 7.01. The van der Waals surface area contributed by atoms with Gasteiger partial charge in [-0.05, 0) is 50.0 Å². The normalized spacial score (nSPS) is 11.9. The predicted octanol–water partition coefficient (Wildman–Crippen LogP) is 2.68. The summed E-state index contributed by atoms with van der Waals surface area (Å²) in [5, 5.41) is 0. The van der Waals surface area contributed by atoms with E-state index in [0.717, 1.165) is 38.4 Å². The fourth-order valence-electron chi connectivity index (χ4n) is 2.10. The third kappa shape index (κ3) is 6.60. The molecule has 0 aliphatic carbocycles. The third-order valence-electron chi connectivity index (χ3n) is 3.19. The van der Waals surface area contributed by atoms with Gasteiger partial charge >= 0.3 is 0 Å². The Labute approximate surface area is 117 Å². The van der Waals surface area contributed by atoms with Crippen LogP contribution in [0.3, 0.4) is 0 Å². The molecule has 1 aromatic carbocycles. The van der Waals surface area contributed by atoms with E-state index in [4.69, 9.17) is 10.5 Å². The molecule has 0 aliphatic heterocycles. The van der Waals surface area contributed by atoms with Gasteiger partial charge in [-0.25, -0.2) is 0 Å². The Morgan fingerprint density at radius 1 is 1.32 bits per heavy atom. The second-order valence-electron chi connectivity index (χ2n) is 6.12. The van der Waals surface area contributed by atoms with Gasteiger partial charge < -0.3 is 15.4 Å². The van der Waals surface area contributed by atoms with Crippen molar-refractivity contribution in [3.8, 4) is 5.75 Å². The summed E-state index contributed by atoms with van der Waals surface area (Å²) in [4.78, 5) is 2.33. The van der Waals surface area contributed by atoms with Crippen LogP contribution in [0.5, 0.6) is 5.75 Å². The van der Waals surface area contributed by atoms with Crippen LogP contribution in [-0.4, -0.2) is 38.2 Å². The first-order chi connectivity index (χ1) is 8.93. The predicted molar refractivity (Wildman–Crippen MR) is 81.6 cm³/mol. The van der Waals surface area contributed by atoms with E-state index in [2.05, 4.69) is 44.9 Å². The van der Waals surface area contributed by atoms with Crippen molar-refractivity contribution in [2.45, 2.75) is 27.2 Å². The quantitative estimate of drug-likeness (QED) is 0.734. The van der Waals surface area contributed by atoms with Crippen LogP contribution in [0.25, 0.3) is 0 Å². The van der Waals surface area contributed by atoms with Gasteiger partial charge in [0.15, 0.2) is 0 Å². The summed E-state index contributed by atoms with van der Waals surface area (Å²) in [6, 6.07) is 8.19. The van der Waals surface area contributed by atoms with Crippen molar-refractivity contribution in [2.24, 2.45) is 11.1 Å². The van der Waals surface area contributed by atoms with Gasteiger partial charge in [-0.15, -0.1) is 0 Å². The molecule has 0 saturated heterocycles. The molecule has 3 nitrogen and oxygen atoms in total. The highest BCUT2D eigenvalue weighted by atomic mass is 16.5. The average molecular weight is 264 g/mol. The molecule has 0 unspecified atom stereocenters. The number of rotatable bonds is 8. The van der Waals surface area contributed by atoms with Crippen LogP contribution in [-0.2, 0) is 0 Å². The minimum absolute atomic E-state index is 0.187. The van der Waals surface area contributed by atoms with Crippen LogP contribution >= 0.6 is 0 Å². The molecule has 2 N–H and O–H groups in total. The lowest BCUT2D eigenvalue weighted by atomic mass is 9.93. The Balaban J connectivity index is 2.20. The highest BCUT2D eigenvalue weighted by molar-refractivity contribution is 5.27. The zero-order valence-corrected chi connectivity index (χ0v) is 12.8. The van der Waals surface area contributed by atoms with Gasteiger partial charge in [0, 0.05) is 13.1 Å². The first-order valence-electron chi connectivity index (χ1n) is 7.01. The zero-order valence-electron chi connectivity index (χ0n) is 12.8. The number of aryl methyl sites for hydroxylation is 1. The minimum Gasteiger partial charge on any atom is -0.494 e. The smallest absolute Gasteiger partial charge is 0.119 e. The maximum absolute atomic E-state index is 5.75. The fourth-order valence-corrected chi connectivity index (χ4v) is 2.10. The van der Waals surface area contributed by atoms with Crippen molar-refractivity contribution in [1.29, 1.82) is 0 Å². The Bertz CT molecular complexity index is 377. The molecule has 1 aromatic rings. The summed E-state index contributed by atoms with van der Waals surface area (Å²) in [5.41, 5.74) is 7.17. The maximum atomic E-state index is 5.75. The van der Waals surface area contributed by atoms with Crippen LogP contribution < -0.4 is 10.5 Å². The standard InChI is InChI=1S/C16H28N2O/c1-14-7-5-8-15(11-14)19-10-6-9-18(4)13-16(2,3)12-17/h5,7-8,11H,6,9-10,12-13,17H2,1-4H3. The molecule has 0 bridgehead atoms. The number of nitrogens with two attached hydrogens (primary N) is 1. The van der Waals surface area contributed by atoms with Gasteiger partial charge in [-0.1, -0.05) is 26.0 Å². The number of ether oxygens (including phenoxy) is 1. The molecule has 1 rings (SSSR count). The monoisotopic (exact) mass is 264 g/mol. The Kier molecular flexibility index (Phi) is 6.32. The summed E-state index contributed by atoms with van der Waals surface area (Å²) in [6.07, 6.45) is 1.03. The highest BCUT2D eigenvalue weighted by Gasteiger charge is 2.17. The number of benzene rings is 1. The number of nitrogens with zero attached hydrogens (tertiary/aromatic N) is 1. The van der Waals surface area contributed by atoms with E-state index in [1.807, 2.05) is 12.1 Å². The molecule has 0 radical (unpaired) electrons. The van der Waals surface area contributed by atoms with E-state index < -0.39 is 0 Å². The summed E-state index contributed by atoms with van der Waals surface area (Å²) in [6.45, 7) is 10.0. The van der Waals surface area contributed by atoms with E-state index in [1.54, 1.807) is 0 Å². The largest absolute Gasteiger partial charge is 0.494 e. The van der Waals surface area contributed by atoms with Gasteiger partial charge in [0.05, 0.1) is 6.61 Å². The highest BCUT2D eigenvalue weighted by Crippen LogP contribution is 2.14. The van der Waals surface area contributed by atoms with Crippen molar-refractivity contribution in [3.63, 3.8) is 0 Å². The minimum atomic E-state index is 0.187. The molecule has 0 atom stereocenters. The van der Waals surface area contributed by atoms with Crippen molar-refractivity contribution in [3.05, 3.63) is 29.8 Å². The van der Waals surface area contributed by atoms with Crippen molar-refractivity contribution in [1.82, 2.24) is 4.90 Å². The molecule has 0 amide bonds. The van der Waals surface area contributed by atoms with Crippen molar-refractivity contribution < 1.29 is 4.74 Å². The summed E-state index contributed by atoms with van der Waals surface area (Å²) < 4.78 is 5.74. The Morgan fingerprint density at radius 2 is 2.05 bits per heavy atom. The van der Waals surface area contributed by atoms with Crippen molar-refractivity contribution >= 4 is 0 Å². The van der Waals surface area contributed by atoms with Crippen molar-refractivity contribution in [2.75, 3.05) is 33.3 Å². The van der Waals surface area contributed by atoms with Gasteiger partial charge in [-0.3, -0.25) is 0 Å². The van der Waals surface area contributed by atoms with Crippen LogP contribution in [0.15, 0.2) is 24.3 Å². The zero-order chi connectivity index (χ0) is 14.3. The molecule has 3 heteroatoms. The Hall–Kier alpha value is -1.06. The number of hydrogen-bond acceptors (Lipinski definition) is 3. The molecule has 0 saturated carbocycles. The molecule has 0 fully saturated rings. The molecule has 108 valence electrons. The molecule has 0 heterocycles. The second kappa shape index (κ2) is 7.51. The average Bonchev–Trinajstić information content (AvgIpc) is 2.34. The topological polar surface area (TPSA) is 38.5 Å². The third-order valence-corrected chi connectivity index (χ3v) is 3.19. The molecule has 0 spiro atoms. The fraction of sp³-hybridized carbons (Fsp3) is 0.625. The molecule has 19 heavy (non-hydrogen) atoms. The van der Waals surface area contributed by atoms with E-state index in [1.165, 1.54) is 5.56 Å². The molecule has 0 aromatic heterocycles. The van der Waals surface area contributed by atoms with Gasteiger partial charge in [0.25, 0.3) is 0 Å². The van der Waals surface area contributed by atoms with E-state index in [9.17, 15) is 0 Å². The first kappa shape index (κ1) is 16.0. The maximum Gasteiger partial charge on any atom is 0.119 e. The van der Waals surface area contributed by atoms with Gasteiger partial charge in [0.1, 0.15) is 5.75 Å². The van der Waals surface area contributed by atoms with Gasteiger partial charge in [-0.2, -0.15) is 0 Å². The van der Waals surface area contributed by atoms with Crippen LogP contribution in [0.1, 0.15) is 25.8 Å². The van der Waals surface area contributed by atoms with Crippen LogP contribution in [0.4, 0.5) is 0 Å². The summed E-state index contributed by atoms with van der Waals surface area (Å²) >= 11 is 0.